The van der Waals surface area contributed by atoms with Crippen LogP contribution in [0.15, 0.2) is 60.9 Å². The van der Waals surface area contributed by atoms with Crippen molar-refractivity contribution in [1.29, 1.82) is 0 Å². The van der Waals surface area contributed by atoms with Crippen molar-refractivity contribution in [3.05, 3.63) is 76.9 Å². The minimum absolute atomic E-state index is 0.380. The third-order valence-electron chi connectivity index (χ3n) is 4.26. The number of fused-ring (bicyclic) bond motifs is 1. The molecule has 0 aliphatic rings. The molecular formula is C21H18N2O3S. The number of rotatable bonds is 5. The fourth-order valence-corrected chi connectivity index (χ4v) is 3.81. The Labute approximate surface area is 160 Å². The van der Waals surface area contributed by atoms with Gasteiger partial charge in [-0.2, -0.15) is 0 Å². The first kappa shape index (κ1) is 17.3. The molecule has 0 aliphatic carbocycles. The van der Waals surface area contributed by atoms with Gasteiger partial charge in [0.1, 0.15) is 23.7 Å². The number of aromatic nitrogens is 2. The van der Waals surface area contributed by atoms with Crippen molar-refractivity contribution in [2.75, 3.05) is 7.11 Å². The maximum absolute atomic E-state index is 12.2. The Morgan fingerprint density at radius 1 is 1.15 bits per heavy atom. The zero-order valence-corrected chi connectivity index (χ0v) is 15.8. The largest absolute Gasteiger partial charge is 0.487 e. The standard InChI is InChI=1S/C21H18N2O3S/c1-14-7-9-15(10-8-14)12-26-18-11-19(27-20(18)21(24)25-2)23-13-22-16-5-3-4-6-17(16)23/h3-11,13H,12H2,1-2H3. The lowest BCUT2D eigenvalue weighted by atomic mass is 10.2. The van der Waals surface area contributed by atoms with Gasteiger partial charge in [-0.1, -0.05) is 42.0 Å². The zero-order chi connectivity index (χ0) is 18.8. The number of thiophene rings is 1. The number of esters is 1. The first-order valence-electron chi connectivity index (χ1n) is 8.48. The van der Waals surface area contributed by atoms with Crippen LogP contribution in [0.25, 0.3) is 16.0 Å². The van der Waals surface area contributed by atoms with E-state index in [0.717, 1.165) is 21.6 Å². The van der Waals surface area contributed by atoms with E-state index in [2.05, 4.69) is 4.98 Å². The van der Waals surface area contributed by atoms with Crippen LogP contribution in [-0.4, -0.2) is 22.6 Å². The van der Waals surface area contributed by atoms with Crippen molar-refractivity contribution < 1.29 is 14.3 Å². The Kier molecular flexibility index (Phi) is 4.64. The van der Waals surface area contributed by atoms with Crippen molar-refractivity contribution in [2.45, 2.75) is 13.5 Å². The number of ether oxygens (including phenoxy) is 2. The number of methoxy groups -OCH3 is 1. The highest BCUT2D eigenvalue weighted by molar-refractivity contribution is 7.16. The molecule has 0 aliphatic heterocycles. The van der Waals surface area contributed by atoms with Crippen LogP contribution in [-0.2, 0) is 11.3 Å². The maximum Gasteiger partial charge on any atom is 0.351 e. The van der Waals surface area contributed by atoms with Crippen LogP contribution in [0.5, 0.6) is 5.75 Å². The topological polar surface area (TPSA) is 53.4 Å². The summed E-state index contributed by atoms with van der Waals surface area (Å²) in [5.74, 6) is 0.106. The van der Waals surface area contributed by atoms with E-state index in [4.69, 9.17) is 9.47 Å². The van der Waals surface area contributed by atoms with E-state index in [1.807, 2.05) is 66.1 Å². The van der Waals surface area contributed by atoms with E-state index < -0.39 is 5.97 Å². The average Bonchev–Trinajstić information content (AvgIpc) is 3.31. The van der Waals surface area contributed by atoms with Crippen LogP contribution >= 0.6 is 11.3 Å². The number of carbonyl (C=O) groups excluding carboxylic acids is 1. The van der Waals surface area contributed by atoms with Gasteiger partial charge < -0.3 is 9.47 Å². The minimum atomic E-state index is -0.408. The molecule has 2 heterocycles. The number of hydrogen-bond acceptors (Lipinski definition) is 5. The Bertz CT molecular complexity index is 1100. The maximum atomic E-state index is 12.2. The van der Waals surface area contributed by atoms with Crippen molar-refractivity contribution >= 4 is 28.3 Å². The summed E-state index contributed by atoms with van der Waals surface area (Å²) < 4.78 is 12.8. The second kappa shape index (κ2) is 7.25. The predicted molar refractivity (Wildman–Crippen MR) is 106 cm³/mol. The van der Waals surface area contributed by atoms with Gasteiger partial charge in [0.25, 0.3) is 0 Å². The summed E-state index contributed by atoms with van der Waals surface area (Å²) in [6.45, 7) is 2.42. The van der Waals surface area contributed by atoms with Crippen LogP contribution in [0, 0.1) is 6.92 Å². The van der Waals surface area contributed by atoms with E-state index in [0.29, 0.717) is 17.2 Å². The number of carbonyl (C=O) groups is 1. The molecule has 0 fully saturated rings. The van der Waals surface area contributed by atoms with Gasteiger partial charge in [0.15, 0.2) is 4.88 Å². The van der Waals surface area contributed by atoms with Gasteiger partial charge >= 0.3 is 5.97 Å². The molecule has 5 nitrogen and oxygen atoms in total. The molecule has 0 saturated carbocycles. The third-order valence-corrected chi connectivity index (χ3v) is 5.36. The Morgan fingerprint density at radius 2 is 1.93 bits per heavy atom. The molecule has 4 aromatic rings. The normalized spacial score (nSPS) is 10.9. The van der Waals surface area contributed by atoms with Crippen molar-refractivity contribution in [3.63, 3.8) is 0 Å². The van der Waals surface area contributed by atoms with E-state index in [1.54, 1.807) is 6.33 Å². The quantitative estimate of drug-likeness (QED) is 0.470. The van der Waals surface area contributed by atoms with Gasteiger partial charge in [0, 0.05) is 6.07 Å². The zero-order valence-electron chi connectivity index (χ0n) is 15.0. The second-order valence-corrected chi connectivity index (χ2v) is 7.18. The van der Waals surface area contributed by atoms with Crippen LogP contribution in [0.3, 0.4) is 0 Å². The van der Waals surface area contributed by atoms with Crippen molar-refractivity contribution in [1.82, 2.24) is 9.55 Å². The molecular weight excluding hydrogens is 360 g/mol. The fraction of sp³-hybridized carbons (Fsp3) is 0.143. The summed E-state index contributed by atoms with van der Waals surface area (Å²) in [6.07, 6.45) is 1.75. The Hall–Kier alpha value is -3.12. The average molecular weight is 378 g/mol. The number of para-hydroxylation sites is 2. The molecule has 0 radical (unpaired) electrons. The first-order valence-corrected chi connectivity index (χ1v) is 9.30. The Balaban J connectivity index is 1.68. The summed E-state index contributed by atoms with van der Waals surface area (Å²) in [5, 5.41) is 0.850. The van der Waals surface area contributed by atoms with Gasteiger partial charge in [-0.3, -0.25) is 4.57 Å². The molecule has 6 heteroatoms. The summed E-state index contributed by atoms with van der Waals surface area (Å²) >= 11 is 1.33. The van der Waals surface area contributed by atoms with Gasteiger partial charge in [-0.25, -0.2) is 9.78 Å². The monoisotopic (exact) mass is 378 g/mol. The molecule has 0 saturated heterocycles. The second-order valence-electron chi connectivity index (χ2n) is 6.15. The highest BCUT2D eigenvalue weighted by Crippen LogP contribution is 2.34. The molecule has 0 bridgehead atoms. The molecule has 2 aromatic carbocycles. The van der Waals surface area contributed by atoms with Gasteiger partial charge in [-0.15, -0.1) is 11.3 Å². The van der Waals surface area contributed by atoms with Crippen LogP contribution in [0.1, 0.15) is 20.8 Å². The third kappa shape index (κ3) is 3.44. The van der Waals surface area contributed by atoms with Gasteiger partial charge in [0.2, 0.25) is 0 Å². The van der Waals surface area contributed by atoms with Crippen LogP contribution in [0.2, 0.25) is 0 Å². The molecule has 27 heavy (non-hydrogen) atoms. The molecule has 0 atom stereocenters. The highest BCUT2D eigenvalue weighted by atomic mass is 32.1. The fourth-order valence-electron chi connectivity index (χ4n) is 2.80. The minimum Gasteiger partial charge on any atom is -0.487 e. The smallest absolute Gasteiger partial charge is 0.351 e. The van der Waals surface area contributed by atoms with Crippen LogP contribution < -0.4 is 4.74 Å². The highest BCUT2D eigenvalue weighted by Gasteiger charge is 2.20. The van der Waals surface area contributed by atoms with E-state index in [1.165, 1.54) is 24.0 Å². The number of nitrogens with zero attached hydrogens (tertiary/aromatic N) is 2. The van der Waals surface area contributed by atoms with E-state index >= 15 is 0 Å². The lowest BCUT2D eigenvalue weighted by Gasteiger charge is -2.06. The molecule has 0 spiro atoms. The van der Waals surface area contributed by atoms with Crippen molar-refractivity contribution in [3.8, 4) is 10.8 Å². The number of hydrogen-bond donors (Lipinski definition) is 0. The van der Waals surface area contributed by atoms with Gasteiger partial charge in [-0.05, 0) is 24.6 Å². The molecule has 2 aromatic heterocycles. The Morgan fingerprint density at radius 3 is 2.70 bits per heavy atom. The first-order chi connectivity index (χ1) is 13.2. The van der Waals surface area contributed by atoms with Crippen molar-refractivity contribution in [2.24, 2.45) is 0 Å². The van der Waals surface area contributed by atoms with Crippen LogP contribution in [0.4, 0.5) is 0 Å². The van der Waals surface area contributed by atoms with E-state index in [9.17, 15) is 4.79 Å². The summed E-state index contributed by atoms with van der Waals surface area (Å²) in [7, 11) is 1.37. The number of benzene rings is 2. The predicted octanol–water partition coefficient (Wildman–Crippen LogP) is 4.76. The van der Waals surface area contributed by atoms with E-state index in [-0.39, 0.29) is 0 Å². The summed E-state index contributed by atoms with van der Waals surface area (Å²) in [5.41, 5.74) is 4.10. The number of imidazole rings is 1. The molecule has 0 N–H and O–H groups in total. The lowest BCUT2D eigenvalue weighted by Crippen LogP contribution is -2.02. The molecule has 0 amide bonds. The summed E-state index contributed by atoms with van der Waals surface area (Å²) in [4.78, 5) is 17.1. The molecule has 4 rings (SSSR count). The van der Waals surface area contributed by atoms with Gasteiger partial charge in [0.05, 0.1) is 18.1 Å². The molecule has 136 valence electrons. The number of aryl methyl sites for hydroxylation is 1. The lowest BCUT2D eigenvalue weighted by molar-refractivity contribution is 0.0601. The molecule has 0 unspecified atom stereocenters. The SMILES string of the molecule is COC(=O)c1sc(-n2cnc3ccccc32)cc1OCc1ccc(C)cc1. The summed E-state index contributed by atoms with van der Waals surface area (Å²) in [6, 6.07) is 17.8.